The summed E-state index contributed by atoms with van der Waals surface area (Å²) in [5, 5.41) is 14.6. The number of Topliss-reactive ketones (excluding diaryl/α,β-unsaturated/α-hetero) is 1. The molecule has 11 heteroatoms. The average Bonchev–Trinajstić information content (AvgIpc) is 2.95. The normalized spacial score (nSPS) is 38.8. The van der Waals surface area contributed by atoms with Crippen LogP contribution in [0.25, 0.3) is 0 Å². The number of methoxy groups -OCH3 is 1. The highest BCUT2D eigenvalue weighted by molar-refractivity contribution is 6.04. The van der Waals surface area contributed by atoms with E-state index in [0.717, 1.165) is 0 Å². The lowest BCUT2D eigenvalue weighted by atomic mass is 9.72. The van der Waals surface area contributed by atoms with Crippen molar-refractivity contribution in [2.24, 2.45) is 23.0 Å². The molecule has 2 aliphatic rings. The molecule has 0 saturated carbocycles. The summed E-state index contributed by atoms with van der Waals surface area (Å²) in [6.45, 7) is 15.6. The van der Waals surface area contributed by atoms with Gasteiger partial charge in [0.25, 0.3) is 0 Å². The maximum absolute atomic E-state index is 14.1. The lowest BCUT2D eigenvalue weighted by Crippen LogP contribution is -2.59. The van der Waals surface area contributed by atoms with Crippen molar-refractivity contribution >= 4 is 17.7 Å². The van der Waals surface area contributed by atoms with Crippen LogP contribution in [-0.2, 0) is 33.3 Å². The minimum atomic E-state index is -1.44. The second kappa shape index (κ2) is 17.0. The Morgan fingerprint density at radius 2 is 1.81 bits per heavy atom. The number of carbonyl (C=O) groups excluding carboxylic acids is 3. The Kier molecular flexibility index (Phi) is 15.6. The molecule has 0 aliphatic carbocycles. The lowest BCUT2D eigenvalue weighted by Gasteiger charge is -2.47. The largest absolute Gasteiger partial charge is 0.463 e. The van der Waals surface area contributed by atoms with Crippen molar-refractivity contribution in [1.29, 1.82) is 0 Å². The molecule has 2 fully saturated rings. The summed E-state index contributed by atoms with van der Waals surface area (Å²) in [7, 11) is 5.38. The first-order chi connectivity index (χ1) is 19.6. The number of nitrogens with two attached hydrogens (primary N) is 1. The molecule has 2 rings (SSSR count). The molecule has 0 aromatic rings. The number of rotatable bonds is 8. The predicted molar refractivity (Wildman–Crippen MR) is 162 cm³/mol. The molecule has 1 amide bonds. The minimum Gasteiger partial charge on any atom is -0.463 e. The molecule has 0 radical (unpaired) electrons. The van der Waals surface area contributed by atoms with Crippen LogP contribution in [0.4, 0.5) is 0 Å². The van der Waals surface area contributed by atoms with Crippen molar-refractivity contribution in [2.75, 3.05) is 34.4 Å². The number of primary amides is 1. The minimum absolute atomic E-state index is 0.0173. The molecule has 0 aromatic carbocycles. The topological polar surface area (TPSA) is 150 Å². The summed E-state index contributed by atoms with van der Waals surface area (Å²) in [6, 6.07) is -0.496. The van der Waals surface area contributed by atoms with Gasteiger partial charge >= 0.3 is 5.97 Å². The van der Waals surface area contributed by atoms with Crippen LogP contribution in [0.3, 0.4) is 0 Å². The predicted octanol–water partition coefficient (Wildman–Crippen LogP) is 2.66. The Labute approximate surface area is 253 Å². The molecule has 0 aromatic heterocycles. The highest BCUT2D eigenvalue weighted by atomic mass is 16.7. The number of cyclic esters (lactones) is 1. The van der Waals surface area contributed by atoms with Crippen LogP contribution in [0.5, 0.6) is 0 Å². The van der Waals surface area contributed by atoms with Gasteiger partial charge in [0.05, 0.1) is 17.8 Å². The number of ketones is 1. The monoisotopic (exact) mass is 601 g/mol. The van der Waals surface area contributed by atoms with E-state index in [4.69, 9.17) is 24.7 Å². The van der Waals surface area contributed by atoms with Crippen LogP contribution in [0.15, 0.2) is 0 Å². The summed E-state index contributed by atoms with van der Waals surface area (Å²) >= 11 is 0. The number of nitrogens with zero attached hydrogens (tertiary/aromatic N) is 1. The zero-order valence-electron chi connectivity index (χ0n) is 27.9. The number of likely N-dealkylation sites (N-methyl/N-ethyl adjacent to an activating group) is 1. The smallest absolute Gasteiger partial charge is 0.319 e. The van der Waals surface area contributed by atoms with Crippen molar-refractivity contribution in [3.8, 4) is 0 Å². The molecule has 246 valence electrons. The van der Waals surface area contributed by atoms with E-state index in [1.165, 1.54) is 0 Å². The first kappa shape index (κ1) is 38.4. The average molecular weight is 602 g/mol. The highest BCUT2D eigenvalue weighted by Gasteiger charge is 2.52. The molecule has 0 bridgehead atoms. The third kappa shape index (κ3) is 9.69. The summed E-state index contributed by atoms with van der Waals surface area (Å²) in [6.07, 6.45) is -1.05. The van der Waals surface area contributed by atoms with Gasteiger partial charge in [-0.25, -0.2) is 0 Å². The van der Waals surface area contributed by atoms with Gasteiger partial charge in [0.1, 0.15) is 18.1 Å². The van der Waals surface area contributed by atoms with E-state index in [2.05, 4.69) is 12.2 Å². The molecule has 2 heterocycles. The van der Waals surface area contributed by atoms with Gasteiger partial charge < -0.3 is 40.0 Å². The van der Waals surface area contributed by atoms with Crippen LogP contribution >= 0.6 is 0 Å². The molecular formula is C31H59N3O8. The van der Waals surface area contributed by atoms with Gasteiger partial charge in [0.15, 0.2) is 12.1 Å². The summed E-state index contributed by atoms with van der Waals surface area (Å²) < 4.78 is 24.4. The number of amides is 1. The van der Waals surface area contributed by atoms with Gasteiger partial charge in [-0.05, 0) is 73.0 Å². The molecule has 42 heavy (non-hydrogen) atoms. The zero-order chi connectivity index (χ0) is 32.4. The van der Waals surface area contributed by atoms with Crippen molar-refractivity contribution in [2.45, 2.75) is 130 Å². The first-order valence-corrected chi connectivity index (χ1v) is 15.5. The van der Waals surface area contributed by atoms with E-state index >= 15 is 0 Å². The number of hydrogen-bond acceptors (Lipinski definition) is 10. The van der Waals surface area contributed by atoms with Gasteiger partial charge in [-0.3, -0.25) is 14.4 Å². The van der Waals surface area contributed by atoms with Gasteiger partial charge in [-0.1, -0.05) is 34.6 Å². The first-order valence-electron chi connectivity index (χ1n) is 15.5. The molecular weight excluding hydrogens is 542 g/mol. The number of esters is 1. The molecule has 4 N–H and O–H groups in total. The molecule has 0 spiro atoms. The van der Waals surface area contributed by atoms with Crippen LogP contribution in [0.1, 0.15) is 87.5 Å². The number of ether oxygens (including phenoxy) is 4. The van der Waals surface area contributed by atoms with Gasteiger partial charge in [0, 0.05) is 31.5 Å². The van der Waals surface area contributed by atoms with Crippen molar-refractivity contribution in [3.63, 3.8) is 0 Å². The zero-order valence-corrected chi connectivity index (χ0v) is 27.9. The van der Waals surface area contributed by atoms with E-state index in [0.29, 0.717) is 25.8 Å². The fourth-order valence-corrected chi connectivity index (χ4v) is 5.99. The quantitative estimate of drug-likeness (QED) is 0.280. The maximum Gasteiger partial charge on any atom is 0.319 e. The maximum atomic E-state index is 14.1. The van der Waals surface area contributed by atoms with E-state index < -0.39 is 47.3 Å². The van der Waals surface area contributed by atoms with Crippen LogP contribution < -0.4 is 11.1 Å². The Bertz CT molecular complexity index is 873. The fourth-order valence-electron chi connectivity index (χ4n) is 5.99. The summed E-state index contributed by atoms with van der Waals surface area (Å²) in [5.74, 6) is -2.13. The number of hydrogen-bond donors (Lipinski definition) is 3. The highest BCUT2D eigenvalue weighted by Crippen LogP contribution is 2.39. The molecule has 2 unspecified atom stereocenters. The molecule has 2 saturated heterocycles. The van der Waals surface area contributed by atoms with E-state index in [1.54, 1.807) is 27.9 Å². The van der Waals surface area contributed by atoms with Crippen molar-refractivity contribution < 1.29 is 38.4 Å². The van der Waals surface area contributed by atoms with Crippen LogP contribution in [0.2, 0.25) is 0 Å². The third-order valence-electron chi connectivity index (χ3n) is 8.86. The van der Waals surface area contributed by atoms with Crippen LogP contribution in [0, 0.1) is 17.3 Å². The van der Waals surface area contributed by atoms with Crippen molar-refractivity contribution in [3.05, 3.63) is 0 Å². The van der Waals surface area contributed by atoms with E-state index in [9.17, 15) is 19.5 Å². The second-order valence-corrected chi connectivity index (χ2v) is 12.5. The number of nitrogens with one attached hydrogen (secondary N) is 1. The van der Waals surface area contributed by atoms with Crippen molar-refractivity contribution in [1.82, 2.24) is 10.2 Å². The molecule has 11 nitrogen and oxygen atoms in total. The fraction of sp³-hybridized carbons (Fsp3) is 0.903. The second-order valence-electron chi connectivity index (χ2n) is 12.5. The number of aliphatic hydroxyl groups is 1. The SMILES string of the molecule is CC.CC[C@]1(C)C(=O)OC[C@@H](CCC(N)=O)NC[C@H](C)C[C@@](C)(OC)[C@H](OC2O[C@H](C)CC(N(C)C)[C@H]2O)[C@@H](C)C1=O. The van der Waals surface area contributed by atoms with Crippen LogP contribution in [-0.4, -0.2) is 104 Å². The lowest BCUT2D eigenvalue weighted by molar-refractivity contribution is -0.295. The number of carbonyl (C=O) groups is 3. The summed E-state index contributed by atoms with van der Waals surface area (Å²) in [4.78, 5) is 40.9. The Balaban J connectivity index is 0.00000431. The molecule has 10 atom stereocenters. The third-order valence-corrected chi connectivity index (χ3v) is 8.86. The Hall–Kier alpha value is -1.63. The molecule has 2 aliphatic heterocycles. The number of aliphatic hydroxyl groups excluding tert-OH is 1. The van der Waals surface area contributed by atoms with E-state index in [-0.39, 0.29) is 49.3 Å². The van der Waals surface area contributed by atoms with E-state index in [1.807, 2.05) is 46.7 Å². The summed E-state index contributed by atoms with van der Waals surface area (Å²) in [5.41, 5.74) is 2.96. The standard InChI is InChI=1S/C29H53N3O8.C2H6/c1-10-28(5)24(35)19(4)25(40-26-23(34)21(32(7)8)13-18(3)39-26)29(6,37-9)14-17(2)15-31-20(11-12-22(30)33)16-38-27(28)36;1-2/h17-21,23,25-26,31,34H,10-16H2,1-9H3,(H2,30,33);1-2H3/t17-,18-,19+,20-,21?,23-,25-,26?,28+,29-;/m1./s1. The Morgan fingerprint density at radius 1 is 1.19 bits per heavy atom. The van der Waals surface area contributed by atoms with Gasteiger partial charge in [-0.2, -0.15) is 0 Å². The van der Waals surface area contributed by atoms with Gasteiger partial charge in [0.2, 0.25) is 5.91 Å². The Morgan fingerprint density at radius 3 is 2.33 bits per heavy atom. The van der Waals surface area contributed by atoms with Gasteiger partial charge in [-0.15, -0.1) is 0 Å².